The minimum atomic E-state index is -3.55. The molecule has 0 aromatic heterocycles. The Morgan fingerprint density at radius 2 is 2.10 bits per heavy atom. The van der Waals surface area contributed by atoms with Gasteiger partial charge in [0.15, 0.2) is 0 Å². The van der Waals surface area contributed by atoms with Crippen LogP contribution in [0.4, 0.5) is 0 Å². The average molecular weight is 309 g/mol. The molecule has 1 saturated carbocycles. The molecule has 1 aliphatic carbocycles. The first-order valence-corrected chi connectivity index (χ1v) is 8.25. The number of aliphatic carboxylic acids is 1. The van der Waals surface area contributed by atoms with Crippen molar-refractivity contribution < 1.29 is 18.3 Å². The second-order valence-corrected chi connectivity index (χ2v) is 7.34. The van der Waals surface area contributed by atoms with E-state index < -0.39 is 16.0 Å². The lowest BCUT2D eigenvalue weighted by Crippen LogP contribution is -2.36. The third kappa shape index (κ3) is 3.71. The molecule has 0 aliphatic heterocycles. The standard InChI is InChI=1S/C15H19NO4S/c1-11(13-7-8-13)16(2)21(19,20)14-5-3-4-12(10-14)6-9-15(17)18/h3-6,9-11,13H,7-8H2,1-2H3,(H,17,18). The fourth-order valence-corrected chi connectivity index (χ4v) is 3.68. The Labute approximate surface area is 124 Å². The second kappa shape index (κ2) is 5.99. The van der Waals surface area contributed by atoms with Gasteiger partial charge < -0.3 is 5.11 Å². The molecule has 1 N–H and O–H groups in total. The maximum absolute atomic E-state index is 12.6. The summed E-state index contributed by atoms with van der Waals surface area (Å²) < 4.78 is 26.6. The Morgan fingerprint density at radius 3 is 2.67 bits per heavy atom. The Bertz CT molecular complexity index is 662. The fourth-order valence-electron chi connectivity index (χ4n) is 2.21. The van der Waals surface area contributed by atoms with Crippen molar-refractivity contribution >= 4 is 22.1 Å². The first-order chi connectivity index (χ1) is 9.82. The molecule has 5 nitrogen and oxygen atoms in total. The van der Waals surface area contributed by atoms with E-state index in [1.807, 2.05) is 6.92 Å². The maximum atomic E-state index is 12.6. The normalized spacial score (nSPS) is 17.3. The van der Waals surface area contributed by atoms with Crippen LogP contribution in [0, 0.1) is 5.92 Å². The van der Waals surface area contributed by atoms with Crippen LogP contribution in [0.2, 0.25) is 0 Å². The van der Waals surface area contributed by atoms with Crippen LogP contribution in [-0.2, 0) is 14.8 Å². The number of nitrogens with zero attached hydrogens (tertiary/aromatic N) is 1. The summed E-state index contributed by atoms with van der Waals surface area (Å²) in [4.78, 5) is 10.7. The highest BCUT2D eigenvalue weighted by molar-refractivity contribution is 7.89. The fraction of sp³-hybridized carbons (Fsp3) is 0.400. The monoisotopic (exact) mass is 309 g/mol. The zero-order valence-corrected chi connectivity index (χ0v) is 12.9. The van der Waals surface area contributed by atoms with Crippen LogP contribution < -0.4 is 0 Å². The molecule has 0 bridgehead atoms. The molecule has 1 unspecified atom stereocenters. The molecular formula is C15H19NO4S. The van der Waals surface area contributed by atoms with Gasteiger partial charge in [-0.3, -0.25) is 0 Å². The van der Waals surface area contributed by atoms with E-state index in [1.54, 1.807) is 19.2 Å². The van der Waals surface area contributed by atoms with Crippen LogP contribution in [-0.4, -0.2) is 36.9 Å². The summed E-state index contributed by atoms with van der Waals surface area (Å²) in [5, 5.41) is 8.62. The Morgan fingerprint density at radius 1 is 1.43 bits per heavy atom. The van der Waals surface area contributed by atoms with Gasteiger partial charge in [-0.1, -0.05) is 12.1 Å². The van der Waals surface area contributed by atoms with Crippen molar-refractivity contribution in [3.8, 4) is 0 Å². The van der Waals surface area contributed by atoms with Gasteiger partial charge in [-0.15, -0.1) is 0 Å². The first-order valence-electron chi connectivity index (χ1n) is 6.81. The van der Waals surface area contributed by atoms with Gasteiger partial charge in [0, 0.05) is 19.2 Å². The van der Waals surface area contributed by atoms with Gasteiger partial charge in [-0.2, -0.15) is 4.31 Å². The number of benzene rings is 1. The predicted molar refractivity (Wildman–Crippen MR) is 80.2 cm³/mol. The van der Waals surface area contributed by atoms with Crippen LogP contribution in [0.25, 0.3) is 6.08 Å². The molecule has 1 fully saturated rings. The number of hydrogen-bond acceptors (Lipinski definition) is 3. The molecule has 1 aromatic rings. The number of carbonyl (C=O) groups is 1. The van der Waals surface area contributed by atoms with Gasteiger partial charge >= 0.3 is 5.97 Å². The lowest BCUT2D eigenvalue weighted by atomic mass is 10.2. The summed E-state index contributed by atoms with van der Waals surface area (Å²) in [6.45, 7) is 1.92. The molecule has 0 saturated heterocycles. The van der Waals surface area contributed by atoms with Gasteiger partial charge in [0.05, 0.1) is 4.90 Å². The summed E-state index contributed by atoms with van der Waals surface area (Å²) in [5.41, 5.74) is 0.547. The molecule has 1 aliphatic rings. The van der Waals surface area contributed by atoms with E-state index in [0.29, 0.717) is 11.5 Å². The minimum Gasteiger partial charge on any atom is -0.478 e. The molecule has 0 radical (unpaired) electrons. The molecular weight excluding hydrogens is 290 g/mol. The third-order valence-electron chi connectivity index (χ3n) is 3.83. The predicted octanol–water partition coefficient (Wildman–Crippen LogP) is 2.20. The van der Waals surface area contributed by atoms with E-state index in [4.69, 9.17) is 5.11 Å². The van der Waals surface area contributed by atoms with Crippen molar-refractivity contribution in [3.63, 3.8) is 0 Å². The lowest BCUT2D eigenvalue weighted by Gasteiger charge is -2.24. The van der Waals surface area contributed by atoms with Crippen molar-refractivity contribution in [2.45, 2.75) is 30.7 Å². The molecule has 2 rings (SSSR count). The summed E-state index contributed by atoms with van der Waals surface area (Å²) >= 11 is 0. The average Bonchev–Trinajstić information content (AvgIpc) is 3.28. The minimum absolute atomic E-state index is 0.0202. The van der Waals surface area contributed by atoms with Gasteiger partial charge in [0.25, 0.3) is 0 Å². The van der Waals surface area contributed by atoms with Crippen LogP contribution in [0.1, 0.15) is 25.3 Å². The highest BCUT2D eigenvalue weighted by atomic mass is 32.2. The Kier molecular flexibility index (Phi) is 4.49. The van der Waals surface area contributed by atoms with Crippen LogP contribution in [0.3, 0.4) is 0 Å². The Balaban J connectivity index is 2.27. The first kappa shape index (κ1) is 15.7. The number of sulfonamides is 1. The largest absolute Gasteiger partial charge is 0.478 e. The van der Waals surface area contributed by atoms with E-state index in [-0.39, 0.29) is 10.9 Å². The summed E-state index contributed by atoms with van der Waals surface area (Å²) in [5.74, 6) is -0.623. The molecule has 0 spiro atoms. The van der Waals surface area contributed by atoms with Crippen molar-refractivity contribution in [2.24, 2.45) is 5.92 Å². The van der Waals surface area contributed by atoms with Crippen molar-refractivity contribution in [3.05, 3.63) is 35.9 Å². The van der Waals surface area contributed by atoms with E-state index in [9.17, 15) is 13.2 Å². The van der Waals surface area contributed by atoms with Crippen LogP contribution in [0.5, 0.6) is 0 Å². The second-order valence-electron chi connectivity index (χ2n) is 5.34. The van der Waals surface area contributed by atoms with Crippen LogP contribution in [0.15, 0.2) is 35.2 Å². The number of carboxylic acid groups (broad SMARTS) is 1. The van der Waals surface area contributed by atoms with Crippen molar-refractivity contribution in [1.82, 2.24) is 4.31 Å². The summed E-state index contributed by atoms with van der Waals surface area (Å²) in [7, 11) is -1.96. The number of rotatable bonds is 6. The highest BCUT2D eigenvalue weighted by Crippen LogP contribution is 2.36. The van der Waals surface area contributed by atoms with E-state index >= 15 is 0 Å². The highest BCUT2D eigenvalue weighted by Gasteiger charge is 2.35. The molecule has 0 heterocycles. The van der Waals surface area contributed by atoms with E-state index in [2.05, 4.69) is 0 Å². The van der Waals surface area contributed by atoms with Gasteiger partial charge in [-0.05, 0) is 49.5 Å². The SMILES string of the molecule is CC(C1CC1)N(C)S(=O)(=O)c1cccc(C=CC(=O)O)c1. The summed E-state index contributed by atoms with van der Waals surface area (Å²) in [6, 6.07) is 6.29. The number of carboxylic acids is 1. The zero-order valence-electron chi connectivity index (χ0n) is 12.1. The van der Waals surface area contributed by atoms with Crippen LogP contribution >= 0.6 is 0 Å². The van der Waals surface area contributed by atoms with Crippen molar-refractivity contribution in [2.75, 3.05) is 7.05 Å². The van der Waals surface area contributed by atoms with Crippen molar-refractivity contribution in [1.29, 1.82) is 0 Å². The third-order valence-corrected chi connectivity index (χ3v) is 5.77. The topological polar surface area (TPSA) is 74.7 Å². The molecule has 0 amide bonds. The molecule has 114 valence electrons. The molecule has 1 aromatic carbocycles. The quantitative estimate of drug-likeness (QED) is 0.818. The van der Waals surface area contributed by atoms with Gasteiger partial charge in [0.2, 0.25) is 10.0 Å². The molecule has 6 heteroatoms. The maximum Gasteiger partial charge on any atom is 0.328 e. The van der Waals surface area contributed by atoms with E-state index in [0.717, 1.165) is 18.9 Å². The van der Waals surface area contributed by atoms with Gasteiger partial charge in [-0.25, -0.2) is 13.2 Å². The lowest BCUT2D eigenvalue weighted by molar-refractivity contribution is -0.131. The van der Waals surface area contributed by atoms with E-state index in [1.165, 1.54) is 22.5 Å². The molecule has 1 atom stereocenters. The number of hydrogen-bond donors (Lipinski definition) is 1. The zero-order chi connectivity index (χ0) is 15.6. The molecule has 21 heavy (non-hydrogen) atoms. The van der Waals surface area contributed by atoms with Gasteiger partial charge in [0.1, 0.15) is 0 Å². The smallest absolute Gasteiger partial charge is 0.328 e. The Hall–Kier alpha value is -1.66. The summed E-state index contributed by atoms with van der Waals surface area (Å²) in [6.07, 6.45) is 4.51.